The molecule has 0 saturated carbocycles. The first-order valence-electron chi connectivity index (χ1n) is 13.2. The molecule has 0 atom stereocenters. The lowest BCUT2D eigenvalue weighted by Crippen LogP contribution is -2.30. The van der Waals surface area contributed by atoms with E-state index in [0.717, 1.165) is 35.2 Å². The molecular formula is C29H38N8O2. The molecule has 1 aromatic carbocycles. The van der Waals surface area contributed by atoms with Gasteiger partial charge < -0.3 is 29.7 Å². The van der Waals surface area contributed by atoms with Crippen molar-refractivity contribution in [3.63, 3.8) is 0 Å². The van der Waals surface area contributed by atoms with E-state index in [0.29, 0.717) is 35.4 Å². The van der Waals surface area contributed by atoms with Crippen LogP contribution in [0.1, 0.15) is 27.2 Å². The summed E-state index contributed by atoms with van der Waals surface area (Å²) in [4.78, 5) is 30.7. The molecule has 39 heavy (non-hydrogen) atoms. The van der Waals surface area contributed by atoms with Gasteiger partial charge in [-0.3, -0.25) is 4.79 Å². The summed E-state index contributed by atoms with van der Waals surface area (Å²) in [6, 6.07) is 12.0. The van der Waals surface area contributed by atoms with E-state index in [1.165, 1.54) is 0 Å². The van der Waals surface area contributed by atoms with E-state index in [9.17, 15) is 4.79 Å². The third kappa shape index (κ3) is 6.64. The lowest BCUT2D eigenvalue weighted by atomic mass is 10.1. The van der Waals surface area contributed by atoms with Gasteiger partial charge in [-0.25, -0.2) is 9.97 Å². The Bertz CT molecular complexity index is 1450. The Balaban J connectivity index is 1.74. The molecule has 4 rings (SSSR count). The van der Waals surface area contributed by atoms with Crippen molar-refractivity contribution in [1.29, 1.82) is 0 Å². The van der Waals surface area contributed by atoms with Gasteiger partial charge in [0.1, 0.15) is 5.69 Å². The van der Waals surface area contributed by atoms with Crippen molar-refractivity contribution in [3.05, 3.63) is 48.8 Å². The third-order valence-corrected chi connectivity index (χ3v) is 6.23. The summed E-state index contributed by atoms with van der Waals surface area (Å²) in [7, 11) is 8.02. The van der Waals surface area contributed by atoms with Gasteiger partial charge in [-0.2, -0.15) is 4.98 Å². The maximum absolute atomic E-state index is 12.4. The lowest BCUT2D eigenvalue weighted by molar-refractivity contribution is -0.115. The van der Waals surface area contributed by atoms with Crippen molar-refractivity contribution in [2.45, 2.75) is 33.3 Å². The van der Waals surface area contributed by atoms with Gasteiger partial charge in [-0.1, -0.05) is 25.1 Å². The van der Waals surface area contributed by atoms with E-state index in [1.54, 1.807) is 6.20 Å². The zero-order valence-electron chi connectivity index (χ0n) is 23.8. The summed E-state index contributed by atoms with van der Waals surface area (Å²) in [5, 5.41) is 7.41. The summed E-state index contributed by atoms with van der Waals surface area (Å²) in [5.41, 5.74) is 4.09. The molecule has 206 valence electrons. The van der Waals surface area contributed by atoms with Crippen molar-refractivity contribution in [3.8, 4) is 17.1 Å². The first kappa shape index (κ1) is 27.8. The number of nitrogens with zero attached hydrogens (tertiary/aromatic N) is 6. The Hall–Kier alpha value is -4.18. The Morgan fingerprint density at radius 3 is 2.56 bits per heavy atom. The van der Waals surface area contributed by atoms with Gasteiger partial charge in [0.2, 0.25) is 17.7 Å². The number of pyridine rings is 1. The molecule has 0 spiro atoms. The van der Waals surface area contributed by atoms with Crippen LogP contribution in [0.15, 0.2) is 48.8 Å². The second kappa shape index (κ2) is 12.1. The van der Waals surface area contributed by atoms with Crippen molar-refractivity contribution in [2.75, 3.05) is 49.8 Å². The quantitative estimate of drug-likeness (QED) is 0.282. The molecule has 4 aromatic rings. The van der Waals surface area contributed by atoms with E-state index in [1.807, 2.05) is 78.1 Å². The van der Waals surface area contributed by atoms with Crippen LogP contribution < -0.4 is 20.3 Å². The lowest BCUT2D eigenvalue weighted by Gasteiger charge is -2.25. The van der Waals surface area contributed by atoms with E-state index >= 15 is 0 Å². The molecule has 0 aliphatic heterocycles. The highest BCUT2D eigenvalue weighted by molar-refractivity contribution is 5.96. The Morgan fingerprint density at radius 2 is 1.85 bits per heavy atom. The van der Waals surface area contributed by atoms with Gasteiger partial charge in [-0.05, 0) is 46.1 Å². The maximum Gasteiger partial charge on any atom is 0.240 e. The molecular weight excluding hydrogens is 492 g/mol. The molecule has 0 saturated heterocycles. The van der Waals surface area contributed by atoms with Crippen LogP contribution in [-0.4, -0.2) is 70.7 Å². The summed E-state index contributed by atoms with van der Waals surface area (Å²) in [5.74, 6) is 1.34. The molecule has 0 aliphatic rings. The maximum atomic E-state index is 12.4. The van der Waals surface area contributed by atoms with Gasteiger partial charge in [0.15, 0.2) is 5.82 Å². The van der Waals surface area contributed by atoms with Gasteiger partial charge in [0, 0.05) is 62.5 Å². The fourth-order valence-electron chi connectivity index (χ4n) is 4.20. The van der Waals surface area contributed by atoms with Gasteiger partial charge in [0.05, 0.1) is 17.5 Å². The highest BCUT2D eigenvalue weighted by Gasteiger charge is 2.20. The topological polar surface area (TPSA) is 100 Å². The third-order valence-electron chi connectivity index (χ3n) is 6.23. The minimum Gasteiger partial charge on any atom is -0.473 e. The number of nitrogens with one attached hydrogen (secondary N) is 2. The van der Waals surface area contributed by atoms with Crippen LogP contribution in [0.5, 0.6) is 5.88 Å². The predicted octanol–water partition coefficient (Wildman–Crippen LogP) is 4.91. The predicted molar refractivity (Wildman–Crippen MR) is 158 cm³/mol. The summed E-state index contributed by atoms with van der Waals surface area (Å²) in [6.45, 7) is 7.27. The molecule has 1 amide bonds. The molecule has 10 heteroatoms. The molecule has 0 radical (unpaired) electrons. The summed E-state index contributed by atoms with van der Waals surface area (Å²) in [6.07, 6.45) is 4.04. The number of carbonyl (C=O) groups is 1. The first-order valence-corrected chi connectivity index (χ1v) is 13.2. The Kier molecular flexibility index (Phi) is 8.65. The number of fused-ring (bicyclic) bond motifs is 1. The minimum absolute atomic E-state index is 0.100. The fourth-order valence-corrected chi connectivity index (χ4v) is 4.20. The van der Waals surface area contributed by atoms with Gasteiger partial charge in [-0.15, -0.1) is 0 Å². The average Bonchev–Trinajstić information content (AvgIpc) is 3.25. The SMILES string of the molecule is CCC(=O)Nc1cc(Nc2nccc(-c3cn(C)c4ccccc34)n2)c(OC(C)C)nc1N(C)CCN(C)C. The highest BCUT2D eigenvalue weighted by Crippen LogP contribution is 2.36. The van der Waals surface area contributed by atoms with E-state index in [4.69, 9.17) is 14.7 Å². The number of aryl methyl sites for hydroxylation is 1. The molecule has 10 nitrogen and oxygen atoms in total. The number of rotatable bonds is 11. The molecule has 0 bridgehead atoms. The molecule has 2 N–H and O–H groups in total. The first-order chi connectivity index (χ1) is 18.7. The van der Waals surface area contributed by atoms with Crippen LogP contribution >= 0.6 is 0 Å². The van der Waals surface area contributed by atoms with E-state index < -0.39 is 0 Å². The molecule has 0 fully saturated rings. The van der Waals surface area contributed by atoms with Gasteiger partial charge in [0.25, 0.3) is 0 Å². The fraction of sp³-hybridized carbons (Fsp3) is 0.379. The number of aromatic nitrogens is 4. The number of anilines is 4. The summed E-state index contributed by atoms with van der Waals surface area (Å²) >= 11 is 0. The molecule has 0 aliphatic carbocycles. The van der Waals surface area contributed by atoms with Crippen molar-refractivity contribution < 1.29 is 9.53 Å². The zero-order chi connectivity index (χ0) is 28.1. The van der Waals surface area contributed by atoms with E-state index in [-0.39, 0.29) is 12.0 Å². The molecule has 3 aromatic heterocycles. The molecule has 0 unspecified atom stereocenters. The van der Waals surface area contributed by atoms with Crippen LogP contribution in [0.2, 0.25) is 0 Å². The second-order valence-electron chi connectivity index (χ2n) is 10.1. The Morgan fingerprint density at radius 1 is 1.08 bits per heavy atom. The number of ether oxygens (including phenoxy) is 1. The van der Waals surface area contributed by atoms with Crippen molar-refractivity contribution in [2.24, 2.45) is 7.05 Å². The van der Waals surface area contributed by atoms with Crippen LogP contribution in [0.4, 0.5) is 23.1 Å². The smallest absolute Gasteiger partial charge is 0.240 e. The Labute approximate surface area is 230 Å². The van der Waals surface area contributed by atoms with E-state index in [2.05, 4.69) is 43.4 Å². The zero-order valence-corrected chi connectivity index (χ0v) is 23.8. The molecule has 3 heterocycles. The number of amides is 1. The standard InChI is InChI=1S/C29H38N8O2/c1-8-26(38)31-23-17-24(28(39-19(2)3)34-27(23)36(6)16-15-35(4)5)33-29-30-14-13-22(32-29)21-18-37(7)25-12-10-9-11-20(21)25/h9-14,17-19H,8,15-16H2,1-7H3,(H,31,38)(H,30,32,33). The number of para-hydroxylation sites is 1. The number of carbonyl (C=O) groups excluding carboxylic acids is 1. The van der Waals surface area contributed by atoms with Crippen molar-refractivity contribution >= 4 is 40.0 Å². The number of hydrogen-bond acceptors (Lipinski definition) is 8. The van der Waals surface area contributed by atoms with Crippen LogP contribution in [0, 0.1) is 0 Å². The normalized spacial score (nSPS) is 11.3. The number of likely N-dealkylation sites (N-methyl/N-ethyl adjacent to an activating group) is 2. The van der Waals surface area contributed by atoms with Crippen LogP contribution in [0.25, 0.3) is 22.2 Å². The number of benzene rings is 1. The average molecular weight is 531 g/mol. The minimum atomic E-state index is -0.114. The largest absolute Gasteiger partial charge is 0.473 e. The number of hydrogen-bond donors (Lipinski definition) is 2. The van der Waals surface area contributed by atoms with Crippen LogP contribution in [0.3, 0.4) is 0 Å². The summed E-state index contributed by atoms with van der Waals surface area (Å²) < 4.78 is 8.20. The van der Waals surface area contributed by atoms with Crippen molar-refractivity contribution in [1.82, 2.24) is 24.4 Å². The van der Waals surface area contributed by atoms with Crippen LogP contribution in [-0.2, 0) is 11.8 Å². The highest BCUT2D eigenvalue weighted by atomic mass is 16.5. The van der Waals surface area contributed by atoms with Gasteiger partial charge >= 0.3 is 0 Å². The second-order valence-corrected chi connectivity index (χ2v) is 10.1. The monoisotopic (exact) mass is 530 g/mol.